The number of carbonyl (C=O) groups excluding carboxylic acids is 2. The largest absolute Gasteiger partial charge is 0.494 e. The van der Waals surface area contributed by atoms with Gasteiger partial charge in [-0.25, -0.2) is 0 Å². The summed E-state index contributed by atoms with van der Waals surface area (Å²) in [5, 5.41) is 5.95. The number of anilines is 3. The fourth-order valence-corrected chi connectivity index (χ4v) is 3.24. The van der Waals surface area contributed by atoms with E-state index in [4.69, 9.17) is 4.74 Å². The molecule has 2 amide bonds. The van der Waals surface area contributed by atoms with Crippen LogP contribution in [0.3, 0.4) is 0 Å². The highest BCUT2D eigenvalue weighted by Crippen LogP contribution is 2.19. The van der Waals surface area contributed by atoms with Crippen LogP contribution in [0.25, 0.3) is 0 Å². The number of benzene rings is 3. The summed E-state index contributed by atoms with van der Waals surface area (Å²) < 4.78 is 5.60. The molecule has 2 N–H and O–H groups in total. The summed E-state index contributed by atoms with van der Waals surface area (Å²) in [5.41, 5.74) is 2.79. The smallest absolute Gasteiger partial charge is 0.258 e. The van der Waals surface area contributed by atoms with Gasteiger partial charge in [0.25, 0.3) is 5.91 Å². The quantitative estimate of drug-likeness (QED) is 0.463. The zero-order valence-corrected chi connectivity index (χ0v) is 18.5. The van der Waals surface area contributed by atoms with Gasteiger partial charge in [0.2, 0.25) is 5.91 Å². The topological polar surface area (TPSA) is 70.7 Å². The number of hydrogen-bond acceptors (Lipinski definition) is 4. The molecule has 6 heteroatoms. The highest BCUT2D eigenvalue weighted by molar-refractivity contribution is 6.06. The van der Waals surface area contributed by atoms with Gasteiger partial charge in [-0.2, -0.15) is 0 Å². The van der Waals surface area contributed by atoms with Gasteiger partial charge in [0.15, 0.2) is 0 Å². The molecule has 0 fully saturated rings. The van der Waals surface area contributed by atoms with Gasteiger partial charge in [0.05, 0.1) is 13.2 Å². The van der Waals surface area contributed by atoms with Gasteiger partial charge in [-0.3, -0.25) is 9.59 Å². The molecule has 0 aliphatic heterocycles. The normalized spacial score (nSPS) is 10.3. The molecule has 0 spiro atoms. The highest BCUT2D eigenvalue weighted by Gasteiger charge is 2.16. The van der Waals surface area contributed by atoms with E-state index in [0.717, 1.165) is 17.9 Å². The van der Waals surface area contributed by atoms with Gasteiger partial charge in [0, 0.05) is 35.2 Å². The van der Waals surface area contributed by atoms with Crippen molar-refractivity contribution in [3.8, 4) is 5.75 Å². The molecule has 0 aromatic heterocycles. The maximum absolute atomic E-state index is 13.0. The molecule has 0 saturated heterocycles. The number of nitrogens with zero attached hydrogens (tertiary/aromatic N) is 1. The first-order valence-electron chi connectivity index (χ1n) is 10.8. The Hall–Kier alpha value is -3.80. The van der Waals surface area contributed by atoms with Crippen LogP contribution in [0.2, 0.25) is 0 Å². The number of ether oxygens (including phenoxy) is 1. The molecule has 0 heterocycles. The molecule has 32 heavy (non-hydrogen) atoms. The SMILES string of the molecule is CCCOc1cccc(NC(=O)CNc2cccc(C(=O)N(CC)c3ccccc3)c2)c1. The van der Waals surface area contributed by atoms with E-state index >= 15 is 0 Å². The third-order valence-electron chi connectivity index (χ3n) is 4.78. The van der Waals surface area contributed by atoms with E-state index in [1.54, 1.807) is 29.2 Å². The van der Waals surface area contributed by atoms with Crippen LogP contribution in [-0.2, 0) is 4.79 Å². The Kier molecular flexibility index (Phi) is 8.26. The summed E-state index contributed by atoms with van der Waals surface area (Å²) in [5.74, 6) is 0.451. The van der Waals surface area contributed by atoms with Gasteiger partial charge in [-0.15, -0.1) is 0 Å². The van der Waals surface area contributed by atoms with E-state index in [2.05, 4.69) is 10.6 Å². The predicted octanol–water partition coefficient (Wildman–Crippen LogP) is 5.19. The zero-order chi connectivity index (χ0) is 22.8. The Morgan fingerprint density at radius 3 is 2.38 bits per heavy atom. The van der Waals surface area contributed by atoms with Crippen LogP contribution >= 0.6 is 0 Å². The van der Waals surface area contributed by atoms with Crippen LogP contribution < -0.4 is 20.3 Å². The number of para-hydroxylation sites is 1. The molecular weight excluding hydrogens is 402 g/mol. The van der Waals surface area contributed by atoms with Gasteiger partial charge in [-0.1, -0.05) is 37.3 Å². The Bertz CT molecular complexity index is 1040. The lowest BCUT2D eigenvalue weighted by Gasteiger charge is -2.21. The van der Waals surface area contributed by atoms with Crippen molar-refractivity contribution in [3.63, 3.8) is 0 Å². The Morgan fingerprint density at radius 2 is 1.62 bits per heavy atom. The van der Waals surface area contributed by atoms with E-state index in [1.165, 1.54) is 0 Å². The lowest BCUT2D eigenvalue weighted by molar-refractivity contribution is -0.114. The van der Waals surface area contributed by atoms with Gasteiger partial charge in [-0.05, 0) is 55.8 Å². The first kappa shape index (κ1) is 22.9. The van der Waals surface area contributed by atoms with E-state index in [9.17, 15) is 9.59 Å². The average molecular weight is 432 g/mol. The standard InChI is InChI=1S/C26H29N3O3/c1-3-16-32-24-15-9-12-22(18-24)28-25(30)19-27-21-11-8-10-20(17-21)26(31)29(4-2)23-13-6-5-7-14-23/h5-15,17-18,27H,3-4,16,19H2,1-2H3,(H,28,30). The first-order chi connectivity index (χ1) is 15.6. The van der Waals surface area contributed by atoms with Crippen molar-refractivity contribution in [3.05, 3.63) is 84.4 Å². The van der Waals surface area contributed by atoms with Crippen LogP contribution in [0.15, 0.2) is 78.9 Å². The molecule has 166 valence electrons. The molecule has 3 aromatic carbocycles. The minimum absolute atomic E-state index is 0.0772. The van der Waals surface area contributed by atoms with E-state index in [1.807, 2.05) is 68.4 Å². The minimum atomic E-state index is -0.186. The number of rotatable bonds is 10. The summed E-state index contributed by atoms with van der Waals surface area (Å²) in [6.07, 6.45) is 0.920. The molecule has 3 aromatic rings. The molecule has 6 nitrogen and oxygen atoms in total. The van der Waals surface area contributed by atoms with Crippen molar-refractivity contribution >= 4 is 28.9 Å². The van der Waals surface area contributed by atoms with Gasteiger partial charge < -0.3 is 20.3 Å². The van der Waals surface area contributed by atoms with Crippen molar-refractivity contribution in [1.29, 1.82) is 0 Å². The average Bonchev–Trinajstić information content (AvgIpc) is 2.83. The second-order valence-electron chi connectivity index (χ2n) is 7.24. The first-order valence-corrected chi connectivity index (χ1v) is 10.8. The van der Waals surface area contributed by atoms with Crippen LogP contribution in [0.1, 0.15) is 30.6 Å². The van der Waals surface area contributed by atoms with E-state index < -0.39 is 0 Å². The van der Waals surface area contributed by atoms with Gasteiger partial charge in [0.1, 0.15) is 5.75 Å². The Labute approximate surface area is 189 Å². The third-order valence-corrected chi connectivity index (χ3v) is 4.78. The maximum atomic E-state index is 13.0. The van der Waals surface area contributed by atoms with E-state index in [0.29, 0.717) is 30.1 Å². The Balaban J connectivity index is 1.60. The summed E-state index contributed by atoms with van der Waals surface area (Å²) in [7, 11) is 0. The molecule has 0 aliphatic carbocycles. The zero-order valence-electron chi connectivity index (χ0n) is 18.5. The maximum Gasteiger partial charge on any atom is 0.258 e. The number of amides is 2. The van der Waals surface area contributed by atoms with Crippen LogP contribution in [0, 0.1) is 0 Å². The van der Waals surface area contributed by atoms with Crippen LogP contribution in [0.5, 0.6) is 5.75 Å². The van der Waals surface area contributed by atoms with Gasteiger partial charge >= 0.3 is 0 Å². The lowest BCUT2D eigenvalue weighted by atomic mass is 10.1. The number of carbonyl (C=O) groups is 2. The molecule has 0 bridgehead atoms. The molecule has 3 rings (SSSR count). The van der Waals surface area contributed by atoms with Crippen molar-refractivity contribution in [2.45, 2.75) is 20.3 Å². The fraction of sp³-hybridized carbons (Fsp3) is 0.231. The van der Waals surface area contributed by atoms with Crippen molar-refractivity contribution in [2.24, 2.45) is 0 Å². The molecular formula is C26H29N3O3. The summed E-state index contributed by atoms with van der Waals surface area (Å²) in [6, 6.07) is 24.1. The lowest BCUT2D eigenvalue weighted by Crippen LogP contribution is -2.30. The van der Waals surface area contributed by atoms with Crippen LogP contribution in [-0.4, -0.2) is 31.5 Å². The van der Waals surface area contributed by atoms with Crippen molar-refractivity contribution < 1.29 is 14.3 Å². The van der Waals surface area contributed by atoms with E-state index in [-0.39, 0.29) is 18.4 Å². The fourth-order valence-electron chi connectivity index (χ4n) is 3.24. The number of hydrogen-bond donors (Lipinski definition) is 2. The summed E-state index contributed by atoms with van der Waals surface area (Å²) >= 11 is 0. The minimum Gasteiger partial charge on any atom is -0.494 e. The molecule has 0 unspecified atom stereocenters. The molecule has 0 radical (unpaired) electrons. The summed E-state index contributed by atoms with van der Waals surface area (Å²) in [4.78, 5) is 27.1. The molecule has 0 saturated carbocycles. The molecule has 0 atom stereocenters. The summed E-state index contributed by atoms with van der Waals surface area (Å²) in [6.45, 7) is 5.26. The second-order valence-corrected chi connectivity index (χ2v) is 7.24. The van der Waals surface area contributed by atoms with Crippen molar-refractivity contribution in [2.75, 3.05) is 35.2 Å². The monoisotopic (exact) mass is 431 g/mol. The third kappa shape index (κ3) is 6.35. The van der Waals surface area contributed by atoms with Crippen LogP contribution in [0.4, 0.5) is 17.1 Å². The van der Waals surface area contributed by atoms with Crippen molar-refractivity contribution in [1.82, 2.24) is 0 Å². The highest BCUT2D eigenvalue weighted by atomic mass is 16.5. The number of nitrogens with one attached hydrogen (secondary N) is 2. The second kappa shape index (κ2) is 11.6. The predicted molar refractivity (Wildman–Crippen MR) is 130 cm³/mol. The molecule has 0 aliphatic rings. The Morgan fingerprint density at radius 1 is 0.875 bits per heavy atom.